The van der Waals surface area contributed by atoms with Gasteiger partial charge in [-0.1, -0.05) is 18.2 Å². The number of para-hydroxylation sites is 1. The fourth-order valence-electron chi connectivity index (χ4n) is 2.33. The zero-order valence-electron chi connectivity index (χ0n) is 11.8. The summed E-state index contributed by atoms with van der Waals surface area (Å²) >= 11 is 0. The highest BCUT2D eigenvalue weighted by atomic mass is 16.4. The van der Waals surface area contributed by atoms with Gasteiger partial charge in [0, 0.05) is 18.0 Å². The number of carboxylic acid groups (broad SMARTS) is 1. The fourth-order valence-corrected chi connectivity index (χ4v) is 2.33. The first-order valence-electron chi connectivity index (χ1n) is 6.88. The summed E-state index contributed by atoms with van der Waals surface area (Å²) in [5, 5.41) is 13.9. The van der Waals surface area contributed by atoms with E-state index in [-0.39, 0.29) is 24.2 Å². The number of carbonyl (C=O) groups is 3. The highest BCUT2D eigenvalue weighted by Gasteiger charge is 2.26. The van der Waals surface area contributed by atoms with Gasteiger partial charge in [-0.15, -0.1) is 0 Å². The molecule has 2 atom stereocenters. The van der Waals surface area contributed by atoms with Crippen LogP contribution in [-0.2, 0) is 20.8 Å². The number of amides is 2. The highest BCUT2D eigenvalue weighted by molar-refractivity contribution is 5.96. The SMILES string of the molecule is CC(NC(=O)CCC1Cc2ccccc2NC1=O)C(=O)O. The number of fused-ring (bicyclic) bond motifs is 1. The van der Waals surface area contributed by atoms with E-state index in [9.17, 15) is 14.4 Å². The molecule has 1 aliphatic rings. The topological polar surface area (TPSA) is 95.5 Å². The molecule has 0 spiro atoms. The van der Waals surface area contributed by atoms with Crippen LogP contribution >= 0.6 is 0 Å². The van der Waals surface area contributed by atoms with Gasteiger partial charge in [-0.2, -0.15) is 0 Å². The van der Waals surface area contributed by atoms with Crippen molar-refractivity contribution in [1.82, 2.24) is 5.32 Å². The smallest absolute Gasteiger partial charge is 0.325 e. The highest BCUT2D eigenvalue weighted by Crippen LogP contribution is 2.27. The first-order valence-corrected chi connectivity index (χ1v) is 6.88. The molecule has 6 nitrogen and oxygen atoms in total. The summed E-state index contributed by atoms with van der Waals surface area (Å²) in [6.07, 6.45) is 1.14. The average Bonchev–Trinajstić information content (AvgIpc) is 2.44. The van der Waals surface area contributed by atoms with Crippen molar-refractivity contribution in [3.05, 3.63) is 29.8 Å². The lowest BCUT2D eigenvalue weighted by Crippen LogP contribution is -2.39. The van der Waals surface area contributed by atoms with E-state index in [4.69, 9.17) is 5.11 Å². The number of carboxylic acids is 1. The van der Waals surface area contributed by atoms with Gasteiger partial charge in [-0.3, -0.25) is 14.4 Å². The van der Waals surface area contributed by atoms with E-state index in [1.807, 2.05) is 24.3 Å². The van der Waals surface area contributed by atoms with Crippen molar-refractivity contribution in [3.63, 3.8) is 0 Å². The molecule has 112 valence electrons. The van der Waals surface area contributed by atoms with Crippen molar-refractivity contribution in [2.45, 2.75) is 32.2 Å². The van der Waals surface area contributed by atoms with E-state index in [0.29, 0.717) is 12.8 Å². The zero-order chi connectivity index (χ0) is 15.4. The van der Waals surface area contributed by atoms with Gasteiger partial charge >= 0.3 is 5.97 Å². The number of nitrogens with one attached hydrogen (secondary N) is 2. The van der Waals surface area contributed by atoms with Crippen LogP contribution in [0.2, 0.25) is 0 Å². The Balaban J connectivity index is 1.88. The molecule has 21 heavy (non-hydrogen) atoms. The molecule has 2 amide bonds. The fraction of sp³-hybridized carbons (Fsp3) is 0.400. The third kappa shape index (κ3) is 3.81. The lowest BCUT2D eigenvalue weighted by Gasteiger charge is -2.24. The van der Waals surface area contributed by atoms with Crippen LogP contribution in [0, 0.1) is 5.92 Å². The van der Waals surface area contributed by atoms with Gasteiger partial charge in [0.25, 0.3) is 0 Å². The molecule has 0 bridgehead atoms. The normalized spacial score (nSPS) is 18.3. The number of aliphatic carboxylic acids is 1. The first-order chi connectivity index (χ1) is 9.97. The lowest BCUT2D eigenvalue weighted by molar-refractivity contribution is -0.141. The standard InChI is InChI=1S/C15H18N2O4/c1-9(15(20)21)16-13(18)7-6-11-8-10-4-2-3-5-12(10)17-14(11)19/h2-5,9,11H,6-8H2,1H3,(H,16,18)(H,17,19)(H,20,21). The predicted molar refractivity (Wildman–Crippen MR) is 76.7 cm³/mol. The molecule has 3 N–H and O–H groups in total. The van der Waals surface area contributed by atoms with Gasteiger partial charge in [0.2, 0.25) is 11.8 Å². The molecule has 1 aromatic rings. The molecule has 1 heterocycles. The molecule has 0 aromatic heterocycles. The average molecular weight is 290 g/mol. The Bertz CT molecular complexity index is 571. The second kappa shape index (κ2) is 6.39. The maximum Gasteiger partial charge on any atom is 0.325 e. The van der Waals surface area contributed by atoms with Gasteiger partial charge in [0.1, 0.15) is 6.04 Å². The van der Waals surface area contributed by atoms with Gasteiger partial charge in [-0.05, 0) is 31.4 Å². The summed E-state index contributed by atoms with van der Waals surface area (Å²) < 4.78 is 0. The van der Waals surface area contributed by atoms with E-state index in [2.05, 4.69) is 10.6 Å². The maximum absolute atomic E-state index is 12.0. The summed E-state index contributed by atoms with van der Waals surface area (Å²) in [4.78, 5) is 34.3. The second-order valence-electron chi connectivity index (χ2n) is 5.21. The third-order valence-electron chi connectivity index (χ3n) is 3.58. The molecular weight excluding hydrogens is 272 g/mol. The van der Waals surface area contributed by atoms with Crippen molar-refractivity contribution < 1.29 is 19.5 Å². The van der Waals surface area contributed by atoms with Gasteiger partial charge in [-0.25, -0.2) is 0 Å². The molecule has 1 aromatic carbocycles. The van der Waals surface area contributed by atoms with Crippen molar-refractivity contribution in [2.24, 2.45) is 5.92 Å². The van der Waals surface area contributed by atoms with Crippen molar-refractivity contribution >= 4 is 23.5 Å². The minimum Gasteiger partial charge on any atom is -0.480 e. The summed E-state index contributed by atoms with van der Waals surface area (Å²) in [6.45, 7) is 1.41. The number of benzene rings is 1. The van der Waals surface area contributed by atoms with E-state index in [1.165, 1.54) is 6.92 Å². The van der Waals surface area contributed by atoms with E-state index in [0.717, 1.165) is 11.3 Å². The molecule has 0 saturated heterocycles. The van der Waals surface area contributed by atoms with E-state index < -0.39 is 12.0 Å². The van der Waals surface area contributed by atoms with Crippen molar-refractivity contribution in [3.8, 4) is 0 Å². The molecule has 1 aliphatic heterocycles. The minimum atomic E-state index is -1.08. The van der Waals surface area contributed by atoms with Gasteiger partial charge < -0.3 is 15.7 Å². The Labute approximate surface area is 122 Å². The van der Waals surface area contributed by atoms with Gasteiger partial charge in [0.15, 0.2) is 0 Å². The zero-order valence-corrected chi connectivity index (χ0v) is 11.8. The van der Waals surface area contributed by atoms with Crippen LogP contribution in [0.3, 0.4) is 0 Å². The number of rotatable bonds is 5. The molecule has 6 heteroatoms. The predicted octanol–water partition coefficient (Wildman–Crippen LogP) is 1.17. The van der Waals surface area contributed by atoms with Crippen LogP contribution in [0.15, 0.2) is 24.3 Å². The number of anilines is 1. The number of carbonyl (C=O) groups excluding carboxylic acids is 2. The Hall–Kier alpha value is -2.37. The Kier molecular flexibility index (Phi) is 4.57. The summed E-state index contributed by atoms with van der Waals surface area (Å²) in [5.74, 6) is -1.78. The molecule has 2 unspecified atom stereocenters. The van der Waals surface area contributed by atoms with Crippen LogP contribution in [0.5, 0.6) is 0 Å². The maximum atomic E-state index is 12.0. The van der Waals surface area contributed by atoms with Crippen LogP contribution in [0.25, 0.3) is 0 Å². The Morgan fingerprint density at radius 2 is 2.14 bits per heavy atom. The largest absolute Gasteiger partial charge is 0.480 e. The molecule has 0 fully saturated rings. The minimum absolute atomic E-state index is 0.0900. The number of hydrogen-bond acceptors (Lipinski definition) is 3. The molecule has 0 aliphatic carbocycles. The molecule has 0 radical (unpaired) electrons. The van der Waals surface area contributed by atoms with E-state index >= 15 is 0 Å². The van der Waals surface area contributed by atoms with Crippen LogP contribution in [0.4, 0.5) is 5.69 Å². The Morgan fingerprint density at radius 1 is 1.43 bits per heavy atom. The van der Waals surface area contributed by atoms with E-state index in [1.54, 1.807) is 0 Å². The quantitative estimate of drug-likeness (QED) is 0.758. The second-order valence-corrected chi connectivity index (χ2v) is 5.21. The molecular formula is C15H18N2O4. The summed E-state index contributed by atoms with van der Waals surface area (Å²) in [5.41, 5.74) is 1.88. The first kappa shape index (κ1) is 15.0. The summed E-state index contributed by atoms with van der Waals surface area (Å²) in [6, 6.07) is 6.66. The molecule has 2 rings (SSSR count). The third-order valence-corrected chi connectivity index (χ3v) is 3.58. The lowest BCUT2D eigenvalue weighted by atomic mass is 9.89. The summed E-state index contributed by atoms with van der Waals surface area (Å²) in [7, 11) is 0. The number of hydrogen-bond donors (Lipinski definition) is 3. The van der Waals surface area contributed by atoms with Crippen molar-refractivity contribution in [2.75, 3.05) is 5.32 Å². The van der Waals surface area contributed by atoms with Gasteiger partial charge in [0.05, 0.1) is 0 Å². The monoisotopic (exact) mass is 290 g/mol. The van der Waals surface area contributed by atoms with Crippen LogP contribution in [-0.4, -0.2) is 28.9 Å². The van der Waals surface area contributed by atoms with Crippen LogP contribution < -0.4 is 10.6 Å². The molecule has 0 saturated carbocycles. The Morgan fingerprint density at radius 3 is 2.86 bits per heavy atom. The van der Waals surface area contributed by atoms with Crippen molar-refractivity contribution in [1.29, 1.82) is 0 Å². The van der Waals surface area contributed by atoms with Crippen LogP contribution in [0.1, 0.15) is 25.3 Å².